The Morgan fingerprint density at radius 1 is 0.950 bits per heavy atom. The van der Waals surface area contributed by atoms with E-state index in [1.54, 1.807) is 0 Å². The number of carboxylic acid groups (broad SMARTS) is 1. The Morgan fingerprint density at radius 3 is 1.93 bits per heavy atom. The molecular weight excluding hydrogens is 538 g/mol. The zero-order chi connectivity index (χ0) is 31.3. The molecular formula is C23H39N5O12. The van der Waals surface area contributed by atoms with E-state index in [0.717, 1.165) is 6.92 Å². The molecule has 0 bridgehead atoms. The molecule has 0 radical (unpaired) electrons. The smallest absolute Gasteiger partial charge is 0.325 e. The van der Waals surface area contributed by atoms with Crippen molar-refractivity contribution in [3.05, 3.63) is 0 Å². The van der Waals surface area contributed by atoms with E-state index in [4.69, 9.17) is 21.3 Å². The van der Waals surface area contributed by atoms with Gasteiger partial charge in [-0.05, 0) is 19.3 Å². The molecule has 0 fully saturated rings. The lowest BCUT2D eigenvalue weighted by atomic mass is 9.87. The van der Waals surface area contributed by atoms with Crippen LogP contribution in [0.2, 0.25) is 0 Å². The third-order valence-electron chi connectivity index (χ3n) is 5.79. The van der Waals surface area contributed by atoms with Gasteiger partial charge in [0, 0.05) is 13.3 Å². The molecule has 228 valence electrons. The summed E-state index contributed by atoms with van der Waals surface area (Å²) >= 11 is 0. The quantitative estimate of drug-likeness (QED) is 0.0654. The van der Waals surface area contributed by atoms with Crippen molar-refractivity contribution in [2.45, 2.75) is 83.1 Å². The normalized spacial score (nSPS) is 17.2. The Kier molecular flexibility index (Phi) is 15.5. The van der Waals surface area contributed by atoms with Crippen molar-refractivity contribution < 1.29 is 58.7 Å². The lowest BCUT2D eigenvalue weighted by molar-refractivity contribution is -0.170. The van der Waals surface area contributed by atoms with Crippen LogP contribution in [-0.4, -0.2) is 111 Å². The monoisotopic (exact) mass is 577 g/mol. The van der Waals surface area contributed by atoms with Crippen LogP contribution in [0, 0.1) is 11.8 Å². The Labute approximate surface area is 230 Å². The summed E-state index contributed by atoms with van der Waals surface area (Å²) in [5, 5.41) is 45.1. The Hall–Kier alpha value is -3.67. The molecule has 0 heterocycles. The van der Waals surface area contributed by atoms with Crippen molar-refractivity contribution in [1.29, 1.82) is 0 Å². The third-order valence-corrected chi connectivity index (χ3v) is 5.79. The molecule has 0 aliphatic heterocycles. The SMILES string of the molecule is CC(=O)N[C@@H](C=O)[C@@H](OC(C(N)=O)C(C(=O)NC(CCC(=O)NC(C)C(=O)O)C(N)=O)C(C)C)[C@H](O)[C@H](O)CO. The van der Waals surface area contributed by atoms with Crippen molar-refractivity contribution in [1.82, 2.24) is 16.0 Å². The van der Waals surface area contributed by atoms with Crippen LogP contribution < -0.4 is 27.4 Å². The maximum atomic E-state index is 13.2. The fourth-order valence-corrected chi connectivity index (χ4v) is 3.62. The molecule has 0 aromatic heterocycles. The molecule has 5 amide bonds. The first kappa shape index (κ1) is 36.3. The van der Waals surface area contributed by atoms with Gasteiger partial charge in [-0.15, -0.1) is 0 Å². The first-order valence-electron chi connectivity index (χ1n) is 12.2. The van der Waals surface area contributed by atoms with E-state index in [-0.39, 0.29) is 12.7 Å². The topological polar surface area (TPSA) is 298 Å². The summed E-state index contributed by atoms with van der Waals surface area (Å²) in [6.45, 7) is 4.20. The minimum Gasteiger partial charge on any atom is -0.480 e. The van der Waals surface area contributed by atoms with Crippen molar-refractivity contribution >= 4 is 41.8 Å². The number of aliphatic hydroxyl groups is 3. The molecule has 11 N–H and O–H groups in total. The highest BCUT2D eigenvalue weighted by Gasteiger charge is 2.43. The van der Waals surface area contributed by atoms with Gasteiger partial charge in [-0.25, -0.2) is 0 Å². The highest BCUT2D eigenvalue weighted by molar-refractivity contribution is 5.92. The Balaban J connectivity index is 6.08. The summed E-state index contributed by atoms with van der Waals surface area (Å²) in [4.78, 5) is 83.8. The van der Waals surface area contributed by atoms with E-state index in [1.165, 1.54) is 20.8 Å². The zero-order valence-electron chi connectivity index (χ0n) is 22.6. The molecule has 0 aromatic rings. The summed E-state index contributed by atoms with van der Waals surface area (Å²) in [6, 6.07) is -4.32. The summed E-state index contributed by atoms with van der Waals surface area (Å²) in [5.74, 6) is -8.35. The summed E-state index contributed by atoms with van der Waals surface area (Å²) < 4.78 is 5.56. The molecule has 40 heavy (non-hydrogen) atoms. The lowest BCUT2D eigenvalue weighted by Gasteiger charge is -2.36. The number of hydrogen-bond acceptors (Lipinski definition) is 11. The number of carbonyl (C=O) groups excluding carboxylic acids is 6. The lowest BCUT2D eigenvalue weighted by Crippen LogP contribution is -2.59. The van der Waals surface area contributed by atoms with E-state index in [1.807, 2.05) is 0 Å². The molecule has 0 aliphatic carbocycles. The number of nitrogens with two attached hydrogens (primary N) is 2. The number of carbonyl (C=O) groups is 7. The van der Waals surface area contributed by atoms with Crippen molar-refractivity contribution in [2.75, 3.05) is 6.61 Å². The maximum absolute atomic E-state index is 13.2. The van der Waals surface area contributed by atoms with Gasteiger partial charge >= 0.3 is 5.97 Å². The second-order valence-electron chi connectivity index (χ2n) is 9.43. The number of nitrogens with one attached hydrogen (secondary N) is 3. The average molecular weight is 578 g/mol. The van der Waals surface area contributed by atoms with Crippen LogP contribution in [0.15, 0.2) is 0 Å². The largest absolute Gasteiger partial charge is 0.480 e. The maximum Gasteiger partial charge on any atom is 0.325 e. The molecule has 0 rings (SSSR count). The fourth-order valence-electron chi connectivity index (χ4n) is 3.62. The van der Waals surface area contributed by atoms with Crippen LogP contribution in [0.3, 0.4) is 0 Å². The van der Waals surface area contributed by atoms with Gasteiger partial charge in [0.05, 0.1) is 12.5 Å². The van der Waals surface area contributed by atoms with Gasteiger partial charge in [-0.1, -0.05) is 13.8 Å². The number of primary amides is 2. The summed E-state index contributed by atoms with van der Waals surface area (Å²) in [5.41, 5.74) is 10.8. The number of aliphatic carboxylic acids is 1. The Bertz CT molecular complexity index is 930. The van der Waals surface area contributed by atoms with Gasteiger partial charge in [-0.2, -0.15) is 0 Å². The number of aliphatic hydroxyl groups excluding tert-OH is 3. The molecule has 0 aromatic carbocycles. The molecule has 17 heteroatoms. The predicted octanol–water partition coefficient (Wildman–Crippen LogP) is -4.75. The minimum absolute atomic E-state index is 0.140. The average Bonchev–Trinajstić information content (AvgIpc) is 2.85. The number of rotatable bonds is 19. The molecule has 8 atom stereocenters. The van der Waals surface area contributed by atoms with Crippen LogP contribution in [0.4, 0.5) is 0 Å². The predicted molar refractivity (Wildman–Crippen MR) is 135 cm³/mol. The van der Waals surface area contributed by atoms with Crippen LogP contribution in [0.1, 0.15) is 40.5 Å². The van der Waals surface area contributed by atoms with E-state index in [0.29, 0.717) is 0 Å². The van der Waals surface area contributed by atoms with Crippen LogP contribution in [0.25, 0.3) is 0 Å². The highest BCUT2D eigenvalue weighted by Crippen LogP contribution is 2.23. The minimum atomic E-state index is -2.05. The highest BCUT2D eigenvalue weighted by atomic mass is 16.5. The van der Waals surface area contributed by atoms with Gasteiger partial charge in [0.15, 0.2) is 0 Å². The van der Waals surface area contributed by atoms with E-state index in [9.17, 15) is 48.9 Å². The molecule has 0 saturated carbocycles. The van der Waals surface area contributed by atoms with Crippen molar-refractivity contribution in [3.8, 4) is 0 Å². The third kappa shape index (κ3) is 11.6. The molecule has 17 nitrogen and oxygen atoms in total. The zero-order valence-corrected chi connectivity index (χ0v) is 22.6. The van der Waals surface area contributed by atoms with Gasteiger partial charge in [0.25, 0.3) is 0 Å². The van der Waals surface area contributed by atoms with Crippen LogP contribution in [0.5, 0.6) is 0 Å². The van der Waals surface area contributed by atoms with Crippen LogP contribution in [-0.2, 0) is 38.3 Å². The van der Waals surface area contributed by atoms with Crippen LogP contribution >= 0.6 is 0 Å². The van der Waals surface area contributed by atoms with E-state index < -0.39 is 103 Å². The Morgan fingerprint density at radius 2 is 1.52 bits per heavy atom. The van der Waals surface area contributed by atoms with Gasteiger partial charge in [0.1, 0.15) is 48.8 Å². The molecule has 0 saturated heterocycles. The first-order chi connectivity index (χ1) is 18.5. The second-order valence-corrected chi connectivity index (χ2v) is 9.43. The first-order valence-corrected chi connectivity index (χ1v) is 12.2. The van der Waals surface area contributed by atoms with Gasteiger partial charge in [-0.3, -0.25) is 28.8 Å². The number of ether oxygens (including phenoxy) is 1. The molecule has 0 aliphatic rings. The number of hydrogen-bond donors (Lipinski definition) is 9. The summed E-state index contributed by atoms with van der Waals surface area (Å²) in [6.07, 6.45) is -8.33. The van der Waals surface area contributed by atoms with Gasteiger partial charge in [0.2, 0.25) is 29.5 Å². The van der Waals surface area contributed by atoms with E-state index in [2.05, 4.69) is 16.0 Å². The number of amides is 5. The van der Waals surface area contributed by atoms with Crippen molar-refractivity contribution in [2.24, 2.45) is 23.3 Å². The van der Waals surface area contributed by atoms with Crippen molar-refractivity contribution in [3.63, 3.8) is 0 Å². The summed E-state index contributed by atoms with van der Waals surface area (Å²) in [7, 11) is 0. The van der Waals surface area contributed by atoms with E-state index >= 15 is 0 Å². The standard InChI is InChI=1S/C23H39N5O12/c1-9(2)16(22(37)28-12(20(24)35)5-6-15(33)26-10(3)23(38)39)19(21(25)36)40-18(17(34)14(32)8-30)13(7-29)27-11(4)31/h7,9-10,12-14,16-19,30,32,34H,5-6,8H2,1-4H3,(H2,24,35)(H2,25,36)(H,26,33)(H,27,31)(H,28,37)(H,38,39)/t10?,12?,13-,14+,16?,17+,18+,19?/m0/s1. The number of aldehydes is 1. The fraction of sp³-hybridized carbons (Fsp3) is 0.696. The second kappa shape index (κ2) is 17.1. The number of carboxylic acids is 1. The molecule has 0 spiro atoms. The molecule has 4 unspecified atom stereocenters. The van der Waals surface area contributed by atoms with Gasteiger partial charge < -0.3 is 57.4 Å².